The van der Waals surface area contributed by atoms with Crippen LogP contribution in [0.2, 0.25) is 0 Å². The summed E-state index contributed by atoms with van der Waals surface area (Å²) in [6.45, 7) is 6.90. The van der Waals surface area contributed by atoms with Gasteiger partial charge in [-0.05, 0) is 86.1 Å². The van der Waals surface area contributed by atoms with Crippen LogP contribution in [0.15, 0.2) is 46.6 Å². The van der Waals surface area contributed by atoms with Gasteiger partial charge in [0.1, 0.15) is 17.5 Å². The number of methoxy groups -OCH3 is 2. The van der Waals surface area contributed by atoms with Gasteiger partial charge >= 0.3 is 0 Å². The summed E-state index contributed by atoms with van der Waals surface area (Å²) < 4.78 is 14.6. The summed E-state index contributed by atoms with van der Waals surface area (Å²) in [4.78, 5) is 56.7. The molecular formula is C38H41N5O6S. The Balaban J connectivity index is 0.935. The number of thiophene rings is 1. The molecule has 1 atom stereocenters. The van der Waals surface area contributed by atoms with Crippen molar-refractivity contribution in [2.24, 2.45) is 12.5 Å². The average Bonchev–Trinajstić information content (AvgIpc) is 3.71. The zero-order chi connectivity index (χ0) is 34.9. The summed E-state index contributed by atoms with van der Waals surface area (Å²) in [6.07, 6.45) is 2.77. The van der Waals surface area contributed by atoms with Gasteiger partial charge in [-0.15, -0.1) is 11.3 Å². The van der Waals surface area contributed by atoms with Crippen molar-refractivity contribution in [3.63, 3.8) is 0 Å². The van der Waals surface area contributed by atoms with Crippen LogP contribution in [-0.4, -0.2) is 78.5 Å². The van der Waals surface area contributed by atoms with Gasteiger partial charge in [0.2, 0.25) is 11.8 Å². The van der Waals surface area contributed by atoms with Crippen LogP contribution in [0.5, 0.6) is 11.5 Å². The molecule has 4 aliphatic rings. The van der Waals surface area contributed by atoms with Crippen molar-refractivity contribution in [2.75, 3.05) is 45.3 Å². The summed E-state index contributed by atoms with van der Waals surface area (Å²) in [7, 11) is 5.21. The lowest BCUT2D eigenvalue weighted by molar-refractivity contribution is -0.136. The molecular weight excluding hydrogens is 655 g/mol. The first-order chi connectivity index (χ1) is 24.1. The molecule has 2 aromatic carbocycles. The number of nitrogens with zero attached hydrogens (tertiary/aromatic N) is 4. The molecule has 12 heteroatoms. The number of anilines is 1. The van der Waals surface area contributed by atoms with Gasteiger partial charge in [-0.2, -0.15) is 0 Å². The first kappa shape index (κ1) is 32.5. The minimum absolute atomic E-state index is 0.0104. The van der Waals surface area contributed by atoms with E-state index in [1.807, 2.05) is 37.6 Å². The number of amides is 3. The Morgan fingerprint density at radius 2 is 1.70 bits per heavy atom. The minimum atomic E-state index is -0.603. The van der Waals surface area contributed by atoms with E-state index in [4.69, 9.17) is 9.47 Å². The van der Waals surface area contributed by atoms with E-state index in [0.29, 0.717) is 25.1 Å². The highest BCUT2D eigenvalue weighted by Crippen LogP contribution is 2.45. The second-order valence-corrected chi connectivity index (χ2v) is 15.1. The molecule has 0 bridgehead atoms. The van der Waals surface area contributed by atoms with E-state index in [1.54, 1.807) is 35.0 Å². The molecule has 0 aliphatic carbocycles. The van der Waals surface area contributed by atoms with Gasteiger partial charge < -0.3 is 23.8 Å². The Bertz CT molecular complexity index is 2100. The summed E-state index contributed by atoms with van der Waals surface area (Å²) in [5.41, 5.74) is 6.78. The van der Waals surface area contributed by atoms with Crippen LogP contribution < -0.4 is 25.2 Å². The SMILES string of the molecule is COc1cc(-c2c(C)n(C)c(=O)c3ccsc23)cc(OC)c1CN1CCC2(CC1)CN(c1ccc3c(c1)C(=O)N(C1CCC(=O)NC1=O)C3)C2. The number of piperidine rings is 2. The van der Waals surface area contributed by atoms with E-state index >= 15 is 0 Å². The number of likely N-dealkylation sites (tertiary alicyclic amines) is 1. The van der Waals surface area contributed by atoms with Crippen molar-refractivity contribution < 1.29 is 23.9 Å². The van der Waals surface area contributed by atoms with Crippen LogP contribution in [-0.2, 0) is 29.7 Å². The fraction of sp³-hybridized carbons (Fsp3) is 0.421. The van der Waals surface area contributed by atoms with E-state index < -0.39 is 6.04 Å². The molecule has 0 radical (unpaired) electrons. The lowest BCUT2D eigenvalue weighted by Gasteiger charge is -2.55. The smallest absolute Gasteiger partial charge is 0.259 e. The van der Waals surface area contributed by atoms with Gasteiger partial charge in [-0.1, -0.05) is 6.07 Å². The van der Waals surface area contributed by atoms with Crippen molar-refractivity contribution in [1.29, 1.82) is 0 Å². The quantitative estimate of drug-likeness (QED) is 0.282. The lowest BCUT2D eigenvalue weighted by Crippen LogP contribution is -2.60. The normalized spacial score (nSPS) is 20.3. The summed E-state index contributed by atoms with van der Waals surface area (Å²) in [6, 6.07) is 11.5. The Labute approximate surface area is 294 Å². The molecule has 260 valence electrons. The third-order valence-corrected chi connectivity index (χ3v) is 12.3. The third kappa shape index (κ3) is 5.27. The van der Waals surface area contributed by atoms with Crippen LogP contribution in [0, 0.1) is 12.3 Å². The second kappa shape index (κ2) is 12.3. The number of hydrogen-bond donors (Lipinski definition) is 1. The largest absolute Gasteiger partial charge is 0.496 e. The number of fused-ring (bicyclic) bond motifs is 2. The van der Waals surface area contributed by atoms with Crippen molar-refractivity contribution >= 4 is 44.8 Å². The molecule has 3 amide bonds. The van der Waals surface area contributed by atoms with Crippen molar-refractivity contribution in [1.82, 2.24) is 19.7 Å². The van der Waals surface area contributed by atoms with Crippen LogP contribution in [0.1, 0.15) is 52.9 Å². The first-order valence-corrected chi connectivity index (χ1v) is 18.0. The molecule has 1 spiro atoms. The molecule has 4 aliphatic heterocycles. The number of carbonyl (C=O) groups is 3. The number of imide groups is 1. The van der Waals surface area contributed by atoms with E-state index in [2.05, 4.69) is 33.3 Å². The number of rotatable bonds is 7. The van der Waals surface area contributed by atoms with Crippen LogP contribution >= 0.6 is 11.3 Å². The zero-order valence-electron chi connectivity index (χ0n) is 28.8. The lowest BCUT2D eigenvalue weighted by atomic mass is 9.71. The van der Waals surface area contributed by atoms with Gasteiger partial charge in [0, 0.05) is 72.3 Å². The molecule has 11 nitrogen and oxygen atoms in total. The predicted octanol–water partition coefficient (Wildman–Crippen LogP) is 4.46. The third-order valence-electron chi connectivity index (χ3n) is 11.4. The molecule has 0 saturated carbocycles. The molecule has 4 aromatic rings. The van der Waals surface area contributed by atoms with E-state index in [-0.39, 0.29) is 35.1 Å². The predicted molar refractivity (Wildman–Crippen MR) is 192 cm³/mol. The van der Waals surface area contributed by atoms with E-state index in [1.165, 1.54) is 0 Å². The number of aromatic nitrogens is 1. The topological polar surface area (TPSA) is 113 Å². The van der Waals surface area contributed by atoms with E-state index in [9.17, 15) is 19.2 Å². The van der Waals surface area contributed by atoms with Crippen molar-refractivity contribution in [3.8, 4) is 22.6 Å². The molecule has 6 heterocycles. The highest BCUT2D eigenvalue weighted by atomic mass is 32.1. The highest BCUT2D eigenvalue weighted by Gasteiger charge is 2.46. The zero-order valence-corrected chi connectivity index (χ0v) is 29.7. The maximum atomic E-state index is 13.4. The van der Waals surface area contributed by atoms with Gasteiger partial charge in [0.25, 0.3) is 11.5 Å². The molecule has 50 heavy (non-hydrogen) atoms. The Morgan fingerprint density at radius 3 is 2.38 bits per heavy atom. The fourth-order valence-corrected chi connectivity index (χ4v) is 9.38. The molecule has 8 rings (SSSR count). The fourth-order valence-electron chi connectivity index (χ4n) is 8.37. The van der Waals surface area contributed by atoms with Gasteiger partial charge in [-0.25, -0.2) is 0 Å². The Kier molecular flexibility index (Phi) is 7.98. The van der Waals surface area contributed by atoms with Gasteiger partial charge in [0.05, 0.1) is 25.2 Å². The van der Waals surface area contributed by atoms with Crippen LogP contribution in [0.3, 0.4) is 0 Å². The average molecular weight is 696 g/mol. The number of benzene rings is 2. The van der Waals surface area contributed by atoms with Gasteiger partial charge in [-0.3, -0.25) is 29.4 Å². The van der Waals surface area contributed by atoms with E-state index in [0.717, 1.165) is 94.2 Å². The maximum Gasteiger partial charge on any atom is 0.259 e. The first-order valence-electron chi connectivity index (χ1n) is 17.2. The molecule has 3 fully saturated rings. The standard InChI is InChI=1S/C38H41N5O6S/c1-22-33(34-26(9-14-50-34)36(46)40(22)2)24-15-30(48-3)28(31(16-24)49-4)19-41-12-10-38(11-13-41)20-42(21-38)25-6-5-23-18-43(37(47)27(23)17-25)29-7-8-32(44)39-35(29)45/h5-6,9,14-17,29H,7-8,10-13,18-21H2,1-4H3,(H,39,44,45). The van der Waals surface area contributed by atoms with Crippen molar-refractivity contribution in [3.05, 3.63) is 74.5 Å². The number of carbonyl (C=O) groups excluding carboxylic acids is 3. The molecule has 1 N–H and O–H groups in total. The summed E-state index contributed by atoms with van der Waals surface area (Å²) in [5, 5.41) is 5.06. The Hall–Kier alpha value is -4.68. The second-order valence-electron chi connectivity index (χ2n) is 14.2. The minimum Gasteiger partial charge on any atom is -0.496 e. The highest BCUT2D eigenvalue weighted by molar-refractivity contribution is 7.17. The molecule has 3 saturated heterocycles. The maximum absolute atomic E-state index is 13.4. The van der Waals surface area contributed by atoms with Crippen LogP contribution in [0.4, 0.5) is 5.69 Å². The molecule has 1 unspecified atom stereocenters. The number of hydrogen-bond acceptors (Lipinski definition) is 9. The van der Waals surface area contributed by atoms with Crippen LogP contribution in [0.25, 0.3) is 21.2 Å². The number of pyridine rings is 1. The summed E-state index contributed by atoms with van der Waals surface area (Å²) >= 11 is 1.58. The van der Waals surface area contributed by atoms with Gasteiger partial charge in [0.15, 0.2) is 0 Å². The number of nitrogens with one attached hydrogen (secondary N) is 1. The Morgan fingerprint density at radius 1 is 0.980 bits per heavy atom. The molecule has 2 aromatic heterocycles. The monoisotopic (exact) mass is 695 g/mol. The number of ether oxygens (including phenoxy) is 2. The summed E-state index contributed by atoms with van der Waals surface area (Å²) in [5.74, 6) is 0.745. The van der Waals surface area contributed by atoms with Crippen molar-refractivity contribution in [2.45, 2.75) is 51.7 Å².